The SMILES string of the molecule is CC(=O)Nc1ccccc1-c1c2ccc(=O)cc-2oc2cc(OC(C)=O)ccc12. The molecule has 0 atom stereocenters. The first kappa shape index (κ1) is 18.4. The monoisotopic (exact) mass is 387 g/mol. The molecule has 1 heterocycles. The first-order chi connectivity index (χ1) is 13.9. The molecule has 6 nitrogen and oxygen atoms in total. The van der Waals surface area contributed by atoms with Crippen molar-refractivity contribution in [2.45, 2.75) is 13.8 Å². The number of ether oxygens (including phenoxy) is 1. The van der Waals surface area contributed by atoms with Crippen molar-refractivity contribution in [3.63, 3.8) is 0 Å². The van der Waals surface area contributed by atoms with Gasteiger partial charge >= 0.3 is 5.97 Å². The molecule has 1 aliphatic heterocycles. The van der Waals surface area contributed by atoms with Crippen LogP contribution in [0.1, 0.15) is 13.8 Å². The summed E-state index contributed by atoms with van der Waals surface area (Å²) in [6.45, 7) is 2.77. The molecule has 0 saturated heterocycles. The van der Waals surface area contributed by atoms with E-state index in [-0.39, 0.29) is 11.3 Å². The van der Waals surface area contributed by atoms with Crippen molar-refractivity contribution in [3.8, 4) is 28.2 Å². The highest BCUT2D eigenvalue weighted by molar-refractivity contribution is 6.06. The van der Waals surface area contributed by atoms with Crippen LogP contribution in [0.25, 0.3) is 33.4 Å². The number of hydrogen-bond acceptors (Lipinski definition) is 5. The Morgan fingerprint density at radius 3 is 2.48 bits per heavy atom. The number of esters is 1. The summed E-state index contributed by atoms with van der Waals surface area (Å²) in [6.07, 6.45) is 0. The van der Waals surface area contributed by atoms with Gasteiger partial charge in [0.2, 0.25) is 5.91 Å². The molecular formula is C23H17NO5. The lowest BCUT2D eigenvalue weighted by atomic mass is 9.92. The number of hydrogen-bond donors (Lipinski definition) is 1. The second-order valence-corrected chi connectivity index (χ2v) is 6.61. The minimum absolute atomic E-state index is 0.183. The first-order valence-electron chi connectivity index (χ1n) is 8.98. The van der Waals surface area contributed by atoms with Gasteiger partial charge in [-0.05, 0) is 30.3 Å². The summed E-state index contributed by atoms with van der Waals surface area (Å²) in [4.78, 5) is 34.9. The van der Waals surface area contributed by atoms with Crippen molar-refractivity contribution >= 4 is 28.5 Å². The van der Waals surface area contributed by atoms with Crippen molar-refractivity contribution in [2.75, 3.05) is 5.32 Å². The van der Waals surface area contributed by atoms with Crippen LogP contribution in [0.4, 0.5) is 5.69 Å². The molecule has 0 unspecified atom stereocenters. The van der Waals surface area contributed by atoms with Crippen LogP contribution in [-0.4, -0.2) is 11.9 Å². The minimum atomic E-state index is -0.441. The van der Waals surface area contributed by atoms with Gasteiger partial charge in [0.25, 0.3) is 0 Å². The van der Waals surface area contributed by atoms with Gasteiger partial charge in [-0.15, -0.1) is 0 Å². The summed E-state index contributed by atoms with van der Waals surface area (Å²) in [5.41, 5.74) is 3.24. The van der Waals surface area contributed by atoms with Crippen molar-refractivity contribution in [2.24, 2.45) is 0 Å². The van der Waals surface area contributed by atoms with E-state index in [0.717, 1.165) is 22.1 Å². The number of rotatable bonds is 3. The molecule has 4 rings (SSSR count). The first-order valence-corrected chi connectivity index (χ1v) is 8.98. The van der Waals surface area contributed by atoms with Crippen molar-refractivity contribution < 1.29 is 18.7 Å². The molecule has 0 saturated carbocycles. The largest absolute Gasteiger partial charge is 0.456 e. The van der Waals surface area contributed by atoms with Gasteiger partial charge in [-0.25, -0.2) is 0 Å². The van der Waals surface area contributed by atoms with Crippen LogP contribution in [0.15, 0.2) is 69.9 Å². The van der Waals surface area contributed by atoms with Crippen molar-refractivity contribution in [1.82, 2.24) is 0 Å². The van der Waals surface area contributed by atoms with Crippen LogP contribution in [0, 0.1) is 0 Å². The molecule has 1 aliphatic carbocycles. The van der Waals surface area contributed by atoms with Gasteiger partial charge in [0.15, 0.2) is 5.43 Å². The summed E-state index contributed by atoms with van der Waals surface area (Å²) in [6, 6.07) is 17.1. The highest BCUT2D eigenvalue weighted by Gasteiger charge is 2.20. The second kappa shape index (κ2) is 7.24. The van der Waals surface area contributed by atoms with E-state index in [1.54, 1.807) is 24.3 Å². The number of carbonyl (C=O) groups is 2. The average Bonchev–Trinajstić information content (AvgIpc) is 2.65. The van der Waals surface area contributed by atoms with Gasteiger partial charge in [-0.3, -0.25) is 14.4 Å². The van der Waals surface area contributed by atoms with E-state index in [1.807, 2.05) is 24.3 Å². The van der Waals surface area contributed by atoms with Gasteiger partial charge in [0.1, 0.15) is 17.1 Å². The molecular weight excluding hydrogens is 370 g/mol. The number of fused-ring (bicyclic) bond motifs is 2. The number of anilines is 1. The molecule has 2 aromatic carbocycles. The van der Waals surface area contributed by atoms with Crippen molar-refractivity contribution in [1.29, 1.82) is 0 Å². The van der Waals surface area contributed by atoms with E-state index < -0.39 is 5.97 Å². The molecule has 1 amide bonds. The lowest BCUT2D eigenvalue weighted by Gasteiger charge is -2.18. The smallest absolute Gasteiger partial charge is 0.308 e. The lowest BCUT2D eigenvalue weighted by molar-refractivity contribution is -0.131. The molecule has 29 heavy (non-hydrogen) atoms. The Kier molecular flexibility index (Phi) is 4.60. The molecule has 0 radical (unpaired) electrons. The Balaban J connectivity index is 2.07. The highest BCUT2D eigenvalue weighted by atomic mass is 16.5. The van der Waals surface area contributed by atoms with E-state index >= 15 is 0 Å². The van der Waals surface area contributed by atoms with Gasteiger partial charge in [0.05, 0.1) is 0 Å². The predicted molar refractivity (Wildman–Crippen MR) is 110 cm³/mol. The van der Waals surface area contributed by atoms with Gasteiger partial charge in [0, 0.05) is 53.7 Å². The van der Waals surface area contributed by atoms with Crippen LogP contribution in [-0.2, 0) is 9.59 Å². The van der Waals surface area contributed by atoms with Crippen LogP contribution in [0.5, 0.6) is 5.75 Å². The molecule has 0 spiro atoms. The maximum Gasteiger partial charge on any atom is 0.308 e. The molecule has 2 aromatic rings. The van der Waals surface area contributed by atoms with Crippen LogP contribution < -0.4 is 15.5 Å². The minimum Gasteiger partial charge on any atom is -0.456 e. The second-order valence-electron chi connectivity index (χ2n) is 6.61. The Morgan fingerprint density at radius 1 is 0.931 bits per heavy atom. The van der Waals surface area contributed by atoms with Gasteiger partial charge < -0.3 is 14.5 Å². The molecule has 144 valence electrons. The van der Waals surface area contributed by atoms with Crippen LogP contribution in [0.3, 0.4) is 0 Å². The highest BCUT2D eigenvalue weighted by Crippen LogP contribution is 2.43. The van der Waals surface area contributed by atoms with Gasteiger partial charge in [-0.1, -0.05) is 18.2 Å². The predicted octanol–water partition coefficient (Wildman–Crippen LogP) is 4.45. The Hall–Kier alpha value is -3.93. The Labute approximate surface area is 166 Å². The fraction of sp³-hybridized carbons (Fsp3) is 0.0870. The molecule has 1 N–H and O–H groups in total. The summed E-state index contributed by atoms with van der Waals surface area (Å²) < 4.78 is 11.1. The molecule has 0 bridgehead atoms. The number of benzene rings is 3. The summed E-state index contributed by atoms with van der Waals surface area (Å²) in [5.74, 6) is 0.110. The average molecular weight is 387 g/mol. The van der Waals surface area contributed by atoms with E-state index in [2.05, 4.69) is 5.32 Å². The van der Waals surface area contributed by atoms with Crippen LogP contribution in [0.2, 0.25) is 0 Å². The third kappa shape index (κ3) is 3.60. The van der Waals surface area contributed by atoms with Crippen LogP contribution >= 0.6 is 0 Å². The molecule has 0 fully saturated rings. The van der Waals surface area contributed by atoms with E-state index in [9.17, 15) is 14.4 Å². The van der Waals surface area contributed by atoms with Gasteiger partial charge in [-0.2, -0.15) is 0 Å². The quantitative estimate of drug-likeness (QED) is 0.319. The number of nitrogens with one attached hydrogen (secondary N) is 1. The maximum atomic E-state index is 11.9. The number of para-hydroxylation sites is 1. The maximum absolute atomic E-state index is 11.9. The number of amides is 1. The zero-order valence-electron chi connectivity index (χ0n) is 15.8. The Bertz CT molecular complexity index is 1290. The summed E-state index contributed by atoms with van der Waals surface area (Å²) in [7, 11) is 0. The summed E-state index contributed by atoms with van der Waals surface area (Å²) in [5, 5.41) is 3.60. The van der Waals surface area contributed by atoms with E-state index in [4.69, 9.17) is 9.15 Å². The summed E-state index contributed by atoms with van der Waals surface area (Å²) >= 11 is 0. The topological polar surface area (TPSA) is 85.6 Å². The third-order valence-electron chi connectivity index (χ3n) is 4.43. The lowest BCUT2D eigenvalue weighted by Crippen LogP contribution is -2.07. The molecule has 6 heteroatoms. The normalized spacial score (nSPS) is 10.8. The van der Waals surface area contributed by atoms with E-state index in [1.165, 1.54) is 26.0 Å². The molecule has 0 aromatic heterocycles. The standard InChI is InChI=1S/C23H17NO5/c1-13(25)24-20-6-4-3-5-17(20)23-18-9-7-15(27)11-21(18)29-22-12-16(28-14(2)26)8-10-19(22)23/h3-12H,1-2H3,(H,24,25). The fourth-order valence-electron chi connectivity index (χ4n) is 3.37. The third-order valence-corrected chi connectivity index (χ3v) is 4.43. The van der Waals surface area contributed by atoms with E-state index in [0.29, 0.717) is 22.8 Å². The Morgan fingerprint density at radius 2 is 1.72 bits per heavy atom. The molecule has 2 aliphatic rings. The zero-order chi connectivity index (χ0) is 20.5. The number of carbonyl (C=O) groups excluding carboxylic acids is 2. The van der Waals surface area contributed by atoms with Crippen molar-refractivity contribution in [3.05, 3.63) is 70.9 Å². The zero-order valence-corrected chi connectivity index (χ0v) is 15.8. The fourth-order valence-corrected chi connectivity index (χ4v) is 3.37.